The van der Waals surface area contributed by atoms with Crippen molar-refractivity contribution in [1.29, 1.82) is 0 Å². The number of aliphatic hydroxyl groups excluding tert-OH is 1. The van der Waals surface area contributed by atoms with E-state index in [0.717, 1.165) is 30.4 Å². The van der Waals surface area contributed by atoms with Gasteiger partial charge in [0.2, 0.25) is 0 Å². The molecule has 1 N–H and O–H groups in total. The summed E-state index contributed by atoms with van der Waals surface area (Å²) in [6.07, 6.45) is 2.68. The van der Waals surface area contributed by atoms with Crippen LogP contribution in [0, 0.1) is 5.41 Å². The molecular weight excluding hydrogens is 248 g/mol. The molecule has 0 aliphatic heterocycles. The van der Waals surface area contributed by atoms with Crippen molar-refractivity contribution < 1.29 is 9.90 Å². The maximum Gasteiger partial charge on any atom is 0.162 e. The lowest BCUT2D eigenvalue weighted by Crippen LogP contribution is -2.27. The monoisotopic (exact) mass is 272 g/mol. The fourth-order valence-electron chi connectivity index (χ4n) is 3.31. The van der Waals surface area contributed by atoms with Gasteiger partial charge in [0.25, 0.3) is 0 Å². The normalized spacial score (nSPS) is 19.8. The minimum absolute atomic E-state index is 0.0597. The van der Waals surface area contributed by atoms with E-state index < -0.39 is 6.10 Å². The Hall–Kier alpha value is -1.41. The minimum atomic E-state index is -0.707. The first-order valence-corrected chi connectivity index (χ1v) is 7.38. The Bertz CT molecular complexity index is 511. The molecule has 0 fully saturated rings. The van der Waals surface area contributed by atoms with Gasteiger partial charge in [0.15, 0.2) is 5.78 Å². The van der Waals surface area contributed by atoms with Crippen LogP contribution in [-0.2, 0) is 4.79 Å². The molecule has 0 spiro atoms. The molecule has 2 rings (SSSR count). The molecule has 108 valence electrons. The van der Waals surface area contributed by atoms with Gasteiger partial charge in [-0.2, -0.15) is 0 Å². The second-order valence-electron chi connectivity index (χ2n) is 6.45. The van der Waals surface area contributed by atoms with Gasteiger partial charge in [0.1, 0.15) is 0 Å². The van der Waals surface area contributed by atoms with E-state index >= 15 is 0 Å². The van der Waals surface area contributed by atoms with Gasteiger partial charge < -0.3 is 5.11 Å². The van der Waals surface area contributed by atoms with Gasteiger partial charge in [-0.15, -0.1) is 0 Å². The highest BCUT2D eigenvalue weighted by Gasteiger charge is 2.33. The van der Waals surface area contributed by atoms with Crippen molar-refractivity contribution in [2.75, 3.05) is 0 Å². The van der Waals surface area contributed by atoms with Crippen LogP contribution in [0.3, 0.4) is 0 Å². The summed E-state index contributed by atoms with van der Waals surface area (Å²) in [6, 6.07) is 9.42. The molecule has 1 aromatic carbocycles. The highest BCUT2D eigenvalue weighted by atomic mass is 16.3. The van der Waals surface area contributed by atoms with Gasteiger partial charge in [0.05, 0.1) is 6.10 Å². The van der Waals surface area contributed by atoms with E-state index in [0.29, 0.717) is 0 Å². The zero-order valence-corrected chi connectivity index (χ0v) is 12.6. The molecule has 0 amide bonds. The zero-order valence-electron chi connectivity index (χ0n) is 12.6. The number of ketones is 1. The van der Waals surface area contributed by atoms with Gasteiger partial charge in [0, 0.05) is 6.42 Å². The van der Waals surface area contributed by atoms with Crippen molar-refractivity contribution in [2.24, 2.45) is 5.41 Å². The van der Waals surface area contributed by atoms with E-state index in [4.69, 9.17) is 0 Å². The van der Waals surface area contributed by atoms with E-state index in [1.54, 1.807) is 0 Å². The number of hydrogen-bond donors (Lipinski definition) is 1. The fourth-order valence-corrected chi connectivity index (χ4v) is 3.31. The van der Waals surface area contributed by atoms with Crippen molar-refractivity contribution in [3.05, 3.63) is 47.0 Å². The topological polar surface area (TPSA) is 37.3 Å². The molecule has 20 heavy (non-hydrogen) atoms. The first-order chi connectivity index (χ1) is 9.42. The fraction of sp³-hybridized carbons (Fsp3) is 0.500. The van der Waals surface area contributed by atoms with Gasteiger partial charge in [-0.25, -0.2) is 0 Å². The van der Waals surface area contributed by atoms with Crippen LogP contribution in [0.15, 0.2) is 41.5 Å². The Morgan fingerprint density at radius 1 is 1.30 bits per heavy atom. The molecule has 0 saturated heterocycles. The second kappa shape index (κ2) is 5.92. The highest BCUT2D eigenvalue weighted by molar-refractivity contribution is 5.97. The van der Waals surface area contributed by atoms with Crippen molar-refractivity contribution in [3.63, 3.8) is 0 Å². The summed E-state index contributed by atoms with van der Waals surface area (Å²) < 4.78 is 0. The summed E-state index contributed by atoms with van der Waals surface area (Å²) in [5, 5.41) is 10.2. The summed E-state index contributed by atoms with van der Waals surface area (Å²) >= 11 is 0. The van der Waals surface area contributed by atoms with Crippen LogP contribution < -0.4 is 0 Å². The van der Waals surface area contributed by atoms with E-state index in [9.17, 15) is 9.90 Å². The van der Waals surface area contributed by atoms with Gasteiger partial charge in [-0.3, -0.25) is 4.79 Å². The lowest BCUT2D eigenvalue weighted by atomic mass is 9.70. The van der Waals surface area contributed by atoms with Crippen LogP contribution in [0.5, 0.6) is 0 Å². The van der Waals surface area contributed by atoms with E-state index in [1.807, 2.05) is 30.3 Å². The van der Waals surface area contributed by atoms with Crippen LogP contribution in [0.25, 0.3) is 0 Å². The summed E-state index contributed by atoms with van der Waals surface area (Å²) in [6.45, 7) is 6.33. The third-order valence-corrected chi connectivity index (χ3v) is 4.30. The Balaban J connectivity index is 2.16. The van der Waals surface area contributed by atoms with E-state index in [1.165, 1.54) is 5.57 Å². The number of rotatable bonds is 4. The van der Waals surface area contributed by atoms with Crippen LogP contribution in [0.1, 0.15) is 58.1 Å². The van der Waals surface area contributed by atoms with Crippen molar-refractivity contribution in [2.45, 2.75) is 52.6 Å². The minimum Gasteiger partial charge on any atom is -0.388 e. The standard InChI is InChI=1S/C18H24O2/c1-13-8-7-11-18(2,3)17(13)16(20)12-15(19)14-9-5-4-6-10-14/h4-6,9-10,15,19H,7-8,11-12H2,1-3H3. The second-order valence-corrected chi connectivity index (χ2v) is 6.45. The van der Waals surface area contributed by atoms with Crippen LogP contribution >= 0.6 is 0 Å². The van der Waals surface area contributed by atoms with Crippen molar-refractivity contribution >= 4 is 5.78 Å². The first-order valence-electron chi connectivity index (χ1n) is 7.38. The Morgan fingerprint density at radius 2 is 1.95 bits per heavy atom. The number of carbonyl (C=O) groups is 1. The lowest BCUT2D eigenvalue weighted by molar-refractivity contribution is -0.118. The Kier molecular flexibility index (Phi) is 4.44. The SMILES string of the molecule is CC1=C(C(=O)CC(O)c2ccccc2)C(C)(C)CCC1. The third-order valence-electron chi connectivity index (χ3n) is 4.30. The van der Waals surface area contributed by atoms with Crippen LogP contribution in [-0.4, -0.2) is 10.9 Å². The zero-order chi connectivity index (χ0) is 14.8. The van der Waals surface area contributed by atoms with Gasteiger partial charge in [-0.1, -0.05) is 49.8 Å². The largest absolute Gasteiger partial charge is 0.388 e. The van der Waals surface area contributed by atoms with Crippen molar-refractivity contribution in [3.8, 4) is 0 Å². The predicted octanol–water partition coefficient (Wildman–Crippen LogP) is 4.21. The van der Waals surface area contributed by atoms with E-state index in [2.05, 4.69) is 20.8 Å². The quantitative estimate of drug-likeness (QED) is 0.891. The summed E-state index contributed by atoms with van der Waals surface area (Å²) in [4.78, 5) is 12.6. The third kappa shape index (κ3) is 3.18. The summed E-state index contributed by atoms with van der Waals surface area (Å²) in [5.74, 6) is 0.101. The molecule has 2 nitrogen and oxygen atoms in total. The number of benzene rings is 1. The molecule has 1 aromatic rings. The molecular formula is C18H24O2. The van der Waals surface area contributed by atoms with Crippen LogP contribution in [0.2, 0.25) is 0 Å². The number of carbonyl (C=O) groups excluding carboxylic acids is 1. The Labute approximate surface area is 121 Å². The van der Waals surface area contributed by atoms with Crippen LogP contribution in [0.4, 0.5) is 0 Å². The predicted molar refractivity (Wildman–Crippen MR) is 81.4 cm³/mol. The molecule has 2 heteroatoms. The lowest BCUT2D eigenvalue weighted by Gasteiger charge is -2.34. The van der Waals surface area contributed by atoms with Crippen molar-refractivity contribution in [1.82, 2.24) is 0 Å². The average Bonchev–Trinajstić information content (AvgIpc) is 2.38. The molecule has 0 saturated carbocycles. The Morgan fingerprint density at radius 3 is 2.55 bits per heavy atom. The molecule has 1 atom stereocenters. The van der Waals surface area contributed by atoms with Gasteiger partial charge >= 0.3 is 0 Å². The summed E-state index contributed by atoms with van der Waals surface area (Å²) in [7, 11) is 0. The average molecular weight is 272 g/mol. The molecule has 0 heterocycles. The number of Topliss-reactive ketones (excluding diaryl/α,β-unsaturated/α-hetero) is 1. The van der Waals surface area contributed by atoms with Gasteiger partial charge in [-0.05, 0) is 42.7 Å². The summed E-state index contributed by atoms with van der Waals surface area (Å²) in [5.41, 5.74) is 2.90. The maximum atomic E-state index is 12.6. The molecule has 0 aromatic heterocycles. The highest BCUT2D eigenvalue weighted by Crippen LogP contribution is 2.41. The smallest absolute Gasteiger partial charge is 0.162 e. The first kappa shape index (κ1) is 15.0. The number of allylic oxidation sites excluding steroid dienone is 2. The molecule has 1 unspecified atom stereocenters. The maximum absolute atomic E-state index is 12.6. The molecule has 1 aliphatic rings. The molecule has 0 bridgehead atoms. The van der Waals surface area contributed by atoms with E-state index in [-0.39, 0.29) is 17.6 Å². The number of aliphatic hydroxyl groups is 1. The molecule has 1 aliphatic carbocycles. The number of hydrogen-bond acceptors (Lipinski definition) is 2. The molecule has 0 radical (unpaired) electrons.